The Balaban J connectivity index is 2.29. The normalized spacial score (nSPS) is 10.8. The third-order valence-corrected chi connectivity index (χ3v) is 3.66. The van der Waals surface area contributed by atoms with Crippen LogP contribution in [0.2, 0.25) is 0 Å². The first-order chi connectivity index (χ1) is 9.56. The largest absolute Gasteiger partial charge is 0.455 e. The zero-order chi connectivity index (χ0) is 14.3. The average Bonchev–Trinajstić information content (AvgIpc) is 3.05. The standard InChI is InChI=1S/C12H6N2O5S/c15-13(16)7-4-9(14(17)18)8-6-11(19-10(8)5-7)12-2-1-3-20-12/h1-6H. The molecule has 0 amide bonds. The molecule has 3 rings (SSSR count). The van der Waals surface area contributed by atoms with Gasteiger partial charge in [0.2, 0.25) is 0 Å². The van der Waals surface area contributed by atoms with E-state index in [4.69, 9.17) is 4.42 Å². The Kier molecular flexibility index (Phi) is 2.72. The summed E-state index contributed by atoms with van der Waals surface area (Å²) in [5.41, 5.74) is -0.564. The average molecular weight is 290 g/mol. The zero-order valence-corrected chi connectivity index (χ0v) is 10.6. The number of thiophene rings is 1. The highest BCUT2D eigenvalue weighted by Gasteiger charge is 2.23. The van der Waals surface area contributed by atoms with Gasteiger partial charge in [0, 0.05) is 6.07 Å². The van der Waals surface area contributed by atoms with E-state index in [1.54, 1.807) is 0 Å². The predicted octanol–water partition coefficient (Wildman–Crippen LogP) is 3.98. The maximum atomic E-state index is 11.0. The number of furan rings is 1. The summed E-state index contributed by atoms with van der Waals surface area (Å²) in [7, 11) is 0. The fourth-order valence-electron chi connectivity index (χ4n) is 1.90. The molecule has 2 heterocycles. The lowest BCUT2D eigenvalue weighted by atomic mass is 10.2. The van der Waals surface area contributed by atoms with Crippen LogP contribution in [0.25, 0.3) is 21.6 Å². The molecule has 0 saturated heterocycles. The molecule has 20 heavy (non-hydrogen) atoms. The van der Waals surface area contributed by atoms with Gasteiger partial charge >= 0.3 is 0 Å². The molecular formula is C12H6N2O5S. The van der Waals surface area contributed by atoms with Gasteiger partial charge in [0.1, 0.15) is 11.3 Å². The van der Waals surface area contributed by atoms with Gasteiger partial charge in [-0.3, -0.25) is 20.2 Å². The third kappa shape index (κ3) is 1.91. The zero-order valence-electron chi connectivity index (χ0n) is 9.81. The molecule has 7 nitrogen and oxygen atoms in total. The van der Waals surface area contributed by atoms with Crippen LogP contribution in [0.1, 0.15) is 0 Å². The van der Waals surface area contributed by atoms with Crippen molar-refractivity contribution in [2.75, 3.05) is 0 Å². The van der Waals surface area contributed by atoms with Crippen LogP contribution in [0, 0.1) is 20.2 Å². The summed E-state index contributed by atoms with van der Waals surface area (Å²) >= 11 is 1.42. The van der Waals surface area contributed by atoms with E-state index in [1.165, 1.54) is 23.5 Å². The number of nitrogens with zero attached hydrogens (tertiary/aromatic N) is 2. The Hall–Kier alpha value is -2.74. The van der Waals surface area contributed by atoms with Crippen LogP contribution in [-0.2, 0) is 0 Å². The summed E-state index contributed by atoms with van der Waals surface area (Å²) in [6.45, 7) is 0. The molecule has 3 aromatic rings. The fourth-order valence-corrected chi connectivity index (χ4v) is 2.58. The number of nitro benzene ring substituents is 2. The molecule has 0 fully saturated rings. The predicted molar refractivity (Wildman–Crippen MR) is 72.8 cm³/mol. The van der Waals surface area contributed by atoms with Gasteiger partial charge in [0.05, 0.1) is 32.2 Å². The van der Waals surface area contributed by atoms with Crippen molar-refractivity contribution in [2.24, 2.45) is 0 Å². The van der Waals surface area contributed by atoms with Gasteiger partial charge in [0.25, 0.3) is 11.4 Å². The SMILES string of the molecule is O=[N+]([O-])c1cc([N+](=O)[O-])c2cc(-c3cccs3)oc2c1. The first-order valence-electron chi connectivity index (χ1n) is 5.46. The molecule has 0 radical (unpaired) electrons. The number of non-ortho nitro benzene ring substituents is 2. The fraction of sp³-hybridized carbons (Fsp3) is 0. The lowest BCUT2D eigenvalue weighted by Gasteiger charge is -1.94. The summed E-state index contributed by atoms with van der Waals surface area (Å²) in [6, 6.07) is 7.30. The Bertz CT molecular complexity index is 822. The van der Waals surface area contributed by atoms with Crippen LogP contribution < -0.4 is 0 Å². The molecule has 0 bridgehead atoms. The van der Waals surface area contributed by atoms with E-state index in [-0.39, 0.29) is 22.3 Å². The maximum absolute atomic E-state index is 11.0. The molecular weight excluding hydrogens is 284 g/mol. The Morgan fingerprint density at radius 3 is 2.50 bits per heavy atom. The van der Waals surface area contributed by atoms with Gasteiger partial charge in [-0.15, -0.1) is 11.3 Å². The lowest BCUT2D eigenvalue weighted by Crippen LogP contribution is -1.92. The summed E-state index contributed by atoms with van der Waals surface area (Å²) in [5, 5.41) is 23.9. The molecule has 0 unspecified atom stereocenters. The van der Waals surface area contributed by atoms with E-state index < -0.39 is 9.85 Å². The molecule has 0 aliphatic rings. The number of hydrogen-bond donors (Lipinski definition) is 0. The summed E-state index contributed by atoms with van der Waals surface area (Å²) < 4.78 is 5.50. The molecule has 2 aromatic heterocycles. The van der Waals surface area contributed by atoms with Crippen LogP contribution in [0.5, 0.6) is 0 Å². The van der Waals surface area contributed by atoms with E-state index in [1.807, 2.05) is 17.5 Å². The van der Waals surface area contributed by atoms with E-state index >= 15 is 0 Å². The van der Waals surface area contributed by atoms with E-state index in [0.717, 1.165) is 10.9 Å². The van der Waals surface area contributed by atoms with E-state index in [9.17, 15) is 20.2 Å². The molecule has 1 aromatic carbocycles. The second-order valence-electron chi connectivity index (χ2n) is 3.98. The monoisotopic (exact) mass is 290 g/mol. The molecule has 0 spiro atoms. The van der Waals surface area contributed by atoms with Crippen molar-refractivity contribution in [3.05, 3.63) is 55.9 Å². The molecule has 0 N–H and O–H groups in total. The lowest BCUT2D eigenvalue weighted by molar-refractivity contribution is -0.393. The minimum atomic E-state index is -0.681. The van der Waals surface area contributed by atoms with E-state index in [2.05, 4.69) is 0 Å². The van der Waals surface area contributed by atoms with Crippen molar-refractivity contribution in [1.29, 1.82) is 0 Å². The summed E-state index contributed by atoms with van der Waals surface area (Å²) in [6.07, 6.45) is 0. The number of hydrogen-bond acceptors (Lipinski definition) is 6. The summed E-state index contributed by atoms with van der Waals surface area (Å²) in [4.78, 5) is 21.3. The topological polar surface area (TPSA) is 99.4 Å². The quantitative estimate of drug-likeness (QED) is 0.536. The van der Waals surface area contributed by atoms with Crippen LogP contribution in [0.3, 0.4) is 0 Å². The number of fused-ring (bicyclic) bond motifs is 1. The highest BCUT2D eigenvalue weighted by molar-refractivity contribution is 7.13. The Morgan fingerprint density at radius 2 is 1.90 bits per heavy atom. The first kappa shape index (κ1) is 12.3. The van der Waals surface area contributed by atoms with Crippen molar-refractivity contribution >= 4 is 33.7 Å². The van der Waals surface area contributed by atoms with Crippen LogP contribution in [0.4, 0.5) is 11.4 Å². The smallest absolute Gasteiger partial charge is 0.287 e. The van der Waals surface area contributed by atoms with Gasteiger partial charge in [-0.25, -0.2) is 0 Å². The maximum Gasteiger partial charge on any atom is 0.287 e. The highest BCUT2D eigenvalue weighted by atomic mass is 32.1. The van der Waals surface area contributed by atoms with Crippen molar-refractivity contribution in [1.82, 2.24) is 0 Å². The van der Waals surface area contributed by atoms with Gasteiger partial charge in [0.15, 0.2) is 0 Å². The van der Waals surface area contributed by atoms with Crippen molar-refractivity contribution < 1.29 is 14.3 Å². The molecule has 0 atom stereocenters. The van der Waals surface area contributed by atoms with Gasteiger partial charge in [-0.1, -0.05) is 6.07 Å². The first-order valence-corrected chi connectivity index (χ1v) is 6.34. The molecule has 0 aliphatic heterocycles. The van der Waals surface area contributed by atoms with Crippen molar-refractivity contribution in [3.8, 4) is 10.6 Å². The minimum absolute atomic E-state index is 0.134. The van der Waals surface area contributed by atoms with Crippen LogP contribution in [0.15, 0.2) is 40.1 Å². The second-order valence-corrected chi connectivity index (χ2v) is 4.93. The van der Waals surface area contributed by atoms with Gasteiger partial charge in [-0.2, -0.15) is 0 Å². The third-order valence-electron chi connectivity index (χ3n) is 2.77. The van der Waals surface area contributed by atoms with Gasteiger partial charge < -0.3 is 4.42 Å². The molecule has 8 heteroatoms. The number of nitro groups is 2. The second kappa shape index (κ2) is 4.42. The van der Waals surface area contributed by atoms with Gasteiger partial charge in [-0.05, 0) is 11.4 Å². The highest BCUT2D eigenvalue weighted by Crippen LogP contribution is 2.37. The number of rotatable bonds is 3. The van der Waals surface area contributed by atoms with Crippen LogP contribution in [-0.4, -0.2) is 9.85 Å². The van der Waals surface area contributed by atoms with Crippen molar-refractivity contribution in [2.45, 2.75) is 0 Å². The Morgan fingerprint density at radius 1 is 1.10 bits per heavy atom. The molecule has 100 valence electrons. The van der Waals surface area contributed by atoms with E-state index in [0.29, 0.717) is 5.76 Å². The minimum Gasteiger partial charge on any atom is -0.455 e. The Labute approximate surface area is 115 Å². The van der Waals surface area contributed by atoms with Crippen LogP contribution >= 0.6 is 11.3 Å². The number of benzene rings is 1. The van der Waals surface area contributed by atoms with Crippen molar-refractivity contribution in [3.63, 3.8) is 0 Å². The summed E-state index contributed by atoms with van der Waals surface area (Å²) in [5.74, 6) is 0.457. The molecule has 0 aliphatic carbocycles. The molecule has 0 saturated carbocycles.